The average molecular weight is 828 g/mol. The highest BCUT2D eigenvalue weighted by Crippen LogP contribution is 2.10. The number of amides is 7. The lowest BCUT2D eigenvalue weighted by molar-refractivity contribution is -0.142. The number of carboxylic acids is 2. The highest BCUT2D eigenvalue weighted by molar-refractivity contribution is 7.98. The Kier molecular flexibility index (Phi) is 21.0. The van der Waals surface area contributed by atoms with Crippen LogP contribution in [0.1, 0.15) is 57.1 Å². The largest absolute Gasteiger partial charge is 0.481 e. The summed E-state index contributed by atoms with van der Waals surface area (Å²) < 4.78 is 0. The summed E-state index contributed by atoms with van der Waals surface area (Å²) in [6.07, 6.45) is 0.180. The normalized spacial score (nSPS) is 13.4. The van der Waals surface area contributed by atoms with Crippen molar-refractivity contribution in [2.45, 2.75) is 89.0 Å². The number of carbonyl (C=O) groups excluding carboxylic acids is 7. The number of hydrogen-bond acceptors (Lipinski definition) is 10. The van der Waals surface area contributed by atoms with Crippen molar-refractivity contribution in [1.29, 1.82) is 0 Å². The van der Waals surface area contributed by atoms with Crippen LogP contribution >= 0.6 is 11.8 Å². The van der Waals surface area contributed by atoms with Crippen molar-refractivity contribution >= 4 is 65.1 Å². The Morgan fingerprint density at radius 2 is 1.09 bits per heavy atom. The summed E-state index contributed by atoms with van der Waals surface area (Å²) in [6.45, 7) is 3.07. The van der Waals surface area contributed by atoms with E-state index in [1.165, 1.54) is 11.8 Å². The first-order chi connectivity index (χ1) is 27.5. The van der Waals surface area contributed by atoms with Gasteiger partial charge in [0.05, 0.1) is 19.4 Å². The molecule has 5 atom stereocenters. The molecule has 0 aliphatic heterocycles. The van der Waals surface area contributed by atoms with Gasteiger partial charge in [0.25, 0.3) is 0 Å². The molecule has 0 unspecified atom stereocenters. The fraction of sp³-hybridized carbons (Fsp3) is 0.462. The number of thioether (sulfide) groups is 1. The summed E-state index contributed by atoms with van der Waals surface area (Å²) in [5.74, 6) is -7.89. The first kappa shape index (κ1) is 48.2. The molecule has 2 aromatic carbocycles. The van der Waals surface area contributed by atoms with Gasteiger partial charge in [-0.15, -0.1) is 0 Å². The number of hydrogen-bond donors (Lipinski definition) is 9. The quantitative estimate of drug-likeness (QED) is 0.0588. The van der Waals surface area contributed by atoms with Crippen molar-refractivity contribution < 1.29 is 53.4 Å². The molecule has 0 aliphatic rings. The Balaban J connectivity index is 2.30. The summed E-state index contributed by atoms with van der Waals surface area (Å²) in [7, 11) is 0. The maximum Gasteiger partial charge on any atom is 0.305 e. The third kappa shape index (κ3) is 18.8. The van der Waals surface area contributed by atoms with Gasteiger partial charge in [0.2, 0.25) is 41.4 Å². The topological polar surface area (TPSA) is 292 Å². The molecule has 7 amide bonds. The Morgan fingerprint density at radius 3 is 1.57 bits per heavy atom. The monoisotopic (exact) mass is 827 g/mol. The zero-order valence-corrected chi connectivity index (χ0v) is 33.5. The van der Waals surface area contributed by atoms with Crippen LogP contribution < -0.4 is 37.6 Å². The van der Waals surface area contributed by atoms with Gasteiger partial charge in [-0.3, -0.25) is 43.2 Å². The van der Waals surface area contributed by atoms with Crippen LogP contribution in [0, 0.1) is 5.92 Å². The van der Waals surface area contributed by atoms with Crippen molar-refractivity contribution in [3.8, 4) is 0 Å². The molecular formula is C39H53N7O11S. The maximum atomic E-state index is 14.0. The number of carbonyl (C=O) groups is 9. The van der Waals surface area contributed by atoms with Gasteiger partial charge in [-0.05, 0) is 41.9 Å². The molecule has 0 aliphatic carbocycles. The zero-order valence-electron chi connectivity index (χ0n) is 32.7. The van der Waals surface area contributed by atoms with Gasteiger partial charge in [-0.2, -0.15) is 11.8 Å². The van der Waals surface area contributed by atoms with E-state index in [2.05, 4.69) is 31.9 Å². The molecule has 18 nitrogen and oxygen atoms in total. The number of aliphatic carboxylic acids is 2. The van der Waals surface area contributed by atoms with E-state index in [4.69, 9.17) is 10.8 Å². The lowest BCUT2D eigenvalue weighted by Crippen LogP contribution is -2.58. The molecule has 316 valence electrons. The standard InChI is InChI=1S/C39H53N7O11S/c1-23(2)18-27(37(55)44-26(35(40)53)16-17-58-3)43-32(48)22-41-36(54)28(19-24-10-6-4-7-11-24)45-38(56)29(20-25-12-8-5-9-13-25)46-39(57)30(21-34(51)52)42-31(47)14-15-33(49)50/h4-13,23,26-30H,14-22H2,1-3H3,(H2,40,53)(H,41,54)(H,42,47)(H,43,48)(H,44,55)(H,45,56)(H,46,57)(H,49,50)(H,51,52)/t26-,27-,28-,29-,30-/m0/s1. The van der Waals surface area contributed by atoms with E-state index in [-0.39, 0.29) is 25.2 Å². The Hall–Kier alpha value is -5.98. The van der Waals surface area contributed by atoms with Crippen molar-refractivity contribution in [1.82, 2.24) is 31.9 Å². The van der Waals surface area contributed by atoms with Crippen LogP contribution in [-0.2, 0) is 56.0 Å². The van der Waals surface area contributed by atoms with Gasteiger partial charge < -0.3 is 47.8 Å². The lowest BCUT2D eigenvalue weighted by Gasteiger charge is -2.25. The van der Waals surface area contributed by atoms with E-state index in [0.717, 1.165) is 0 Å². The van der Waals surface area contributed by atoms with Gasteiger partial charge in [-0.25, -0.2) is 0 Å². The fourth-order valence-corrected chi connectivity index (χ4v) is 6.04. The van der Waals surface area contributed by atoms with Crippen molar-refractivity contribution in [3.63, 3.8) is 0 Å². The number of primary amides is 1. The summed E-state index contributed by atoms with van der Waals surface area (Å²) in [4.78, 5) is 114. The minimum atomic E-state index is -1.68. The van der Waals surface area contributed by atoms with E-state index in [0.29, 0.717) is 23.3 Å². The Bertz CT molecular complexity index is 1730. The molecule has 58 heavy (non-hydrogen) atoms. The van der Waals surface area contributed by atoms with Crippen LogP contribution in [-0.4, -0.2) is 112 Å². The first-order valence-electron chi connectivity index (χ1n) is 18.6. The van der Waals surface area contributed by atoms with Crippen molar-refractivity contribution in [2.24, 2.45) is 11.7 Å². The molecule has 0 fully saturated rings. The Labute approximate surface area is 340 Å². The predicted molar refractivity (Wildman–Crippen MR) is 214 cm³/mol. The van der Waals surface area contributed by atoms with E-state index < -0.39 is 109 Å². The SMILES string of the molecule is CSCC[C@H](NC(=O)[C@H](CC(C)C)NC(=O)CNC(=O)[C@H](Cc1ccccc1)NC(=O)[C@H](Cc1ccccc1)NC(=O)[C@H](CC(=O)O)NC(=O)CCC(=O)O)C(N)=O. The zero-order chi connectivity index (χ0) is 43.2. The third-order valence-corrected chi connectivity index (χ3v) is 9.12. The molecule has 0 aromatic heterocycles. The molecule has 0 spiro atoms. The van der Waals surface area contributed by atoms with Crippen molar-refractivity contribution in [2.75, 3.05) is 18.6 Å². The van der Waals surface area contributed by atoms with Crippen LogP contribution in [0.4, 0.5) is 0 Å². The average Bonchev–Trinajstić information content (AvgIpc) is 3.16. The summed E-state index contributed by atoms with van der Waals surface area (Å²) in [5.41, 5.74) is 6.68. The number of carboxylic acid groups (broad SMARTS) is 2. The summed E-state index contributed by atoms with van der Waals surface area (Å²) >= 11 is 1.47. The highest BCUT2D eigenvalue weighted by Gasteiger charge is 2.32. The number of nitrogens with one attached hydrogen (secondary N) is 6. The van der Waals surface area contributed by atoms with Gasteiger partial charge in [0.15, 0.2) is 0 Å². The maximum absolute atomic E-state index is 14.0. The summed E-state index contributed by atoms with van der Waals surface area (Å²) in [5, 5.41) is 33.3. The molecule has 19 heteroatoms. The molecule has 0 saturated heterocycles. The van der Waals surface area contributed by atoms with Crippen LogP contribution in [0.3, 0.4) is 0 Å². The van der Waals surface area contributed by atoms with Crippen LogP contribution in [0.15, 0.2) is 60.7 Å². The number of benzene rings is 2. The minimum Gasteiger partial charge on any atom is -0.481 e. The van der Waals surface area contributed by atoms with E-state index in [1.54, 1.807) is 60.7 Å². The van der Waals surface area contributed by atoms with Crippen LogP contribution in [0.5, 0.6) is 0 Å². The molecule has 0 heterocycles. The Morgan fingerprint density at radius 1 is 0.603 bits per heavy atom. The number of rotatable bonds is 26. The molecule has 10 N–H and O–H groups in total. The van der Waals surface area contributed by atoms with E-state index >= 15 is 0 Å². The van der Waals surface area contributed by atoms with Crippen LogP contribution in [0.25, 0.3) is 0 Å². The lowest BCUT2D eigenvalue weighted by atomic mass is 10.0. The van der Waals surface area contributed by atoms with Crippen molar-refractivity contribution in [3.05, 3.63) is 71.8 Å². The molecule has 0 radical (unpaired) electrons. The first-order valence-corrected chi connectivity index (χ1v) is 20.0. The van der Waals surface area contributed by atoms with Gasteiger partial charge in [0.1, 0.15) is 30.2 Å². The molecular weight excluding hydrogens is 775 g/mol. The smallest absolute Gasteiger partial charge is 0.305 e. The highest BCUT2D eigenvalue weighted by atomic mass is 32.2. The second kappa shape index (κ2) is 25.3. The summed E-state index contributed by atoms with van der Waals surface area (Å²) in [6, 6.07) is 10.6. The van der Waals surface area contributed by atoms with Gasteiger partial charge >= 0.3 is 11.9 Å². The minimum absolute atomic E-state index is 0.0498. The molecule has 0 bridgehead atoms. The van der Waals surface area contributed by atoms with Gasteiger partial charge in [-0.1, -0.05) is 74.5 Å². The molecule has 0 saturated carbocycles. The second-order valence-electron chi connectivity index (χ2n) is 13.8. The molecule has 2 rings (SSSR count). The molecule has 2 aromatic rings. The predicted octanol–water partition coefficient (Wildman–Crippen LogP) is -0.364. The number of nitrogens with two attached hydrogens (primary N) is 1. The third-order valence-electron chi connectivity index (χ3n) is 8.48. The van der Waals surface area contributed by atoms with E-state index in [9.17, 15) is 48.3 Å². The van der Waals surface area contributed by atoms with E-state index in [1.807, 2.05) is 20.1 Å². The fourth-order valence-electron chi connectivity index (χ4n) is 5.57. The van der Waals surface area contributed by atoms with Crippen LogP contribution in [0.2, 0.25) is 0 Å². The second-order valence-corrected chi connectivity index (χ2v) is 14.8. The van der Waals surface area contributed by atoms with Gasteiger partial charge in [0, 0.05) is 19.3 Å².